The van der Waals surface area contributed by atoms with Crippen LogP contribution in [-0.4, -0.2) is 61.8 Å². The maximum Gasteiger partial charge on any atom is 0.263 e. The van der Waals surface area contributed by atoms with Crippen molar-refractivity contribution in [1.29, 1.82) is 0 Å². The average molecular weight is 489 g/mol. The largest absolute Gasteiger partial charge is 0.471 e. The van der Waals surface area contributed by atoms with E-state index in [1.165, 1.54) is 29.3 Å². The summed E-state index contributed by atoms with van der Waals surface area (Å²) in [7, 11) is 0. The molecule has 1 amide bonds. The lowest BCUT2D eigenvalue weighted by Crippen LogP contribution is -2.56. The fourth-order valence-corrected chi connectivity index (χ4v) is 3.98. The predicted molar refractivity (Wildman–Crippen MR) is 128 cm³/mol. The molecule has 1 aromatic carbocycles. The Morgan fingerprint density at radius 3 is 2.46 bits per heavy atom. The summed E-state index contributed by atoms with van der Waals surface area (Å²) in [6, 6.07) is 9.27. The summed E-state index contributed by atoms with van der Waals surface area (Å²) in [4.78, 5) is 20.9. The molecular formula is C24H30F2N6O3. The topological polar surface area (TPSA) is 110 Å². The molecule has 0 spiro atoms. The van der Waals surface area contributed by atoms with Crippen LogP contribution in [0.15, 0.2) is 54.0 Å². The second-order valence-corrected chi connectivity index (χ2v) is 8.57. The SMILES string of the molecule is C/C(N)=C(\COc1ccc(N2CC(C(=O)N3CCOCC3)C2)cn1)N(N)c1ccc(C(F)F)cc1. The lowest BCUT2D eigenvalue weighted by atomic mass is 9.97. The molecule has 0 aliphatic carbocycles. The minimum absolute atomic E-state index is 0.00505. The number of hydrogen-bond acceptors (Lipinski definition) is 8. The van der Waals surface area contributed by atoms with Crippen molar-refractivity contribution in [2.24, 2.45) is 17.5 Å². The zero-order valence-corrected chi connectivity index (χ0v) is 19.6. The number of carbonyl (C=O) groups is 1. The van der Waals surface area contributed by atoms with Crippen molar-refractivity contribution in [3.63, 3.8) is 0 Å². The number of morpholine rings is 1. The van der Waals surface area contributed by atoms with Crippen molar-refractivity contribution in [3.8, 4) is 5.88 Å². The van der Waals surface area contributed by atoms with Gasteiger partial charge in [0.05, 0.1) is 42.4 Å². The van der Waals surface area contributed by atoms with E-state index in [0.29, 0.717) is 62.4 Å². The minimum atomic E-state index is -2.55. The molecule has 2 aliphatic rings. The van der Waals surface area contributed by atoms with Crippen LogP contribution in [-0.2, 0) is 9.53 Å². The van der Waals surface area contributed by atoms with Crippen molar-refractivity contribution >= 4 is 17.3 Å². The zero-order chi connectivity index (χ0) is 24.9. The Hall–Kier alpha value is -3.44. The van der Waals surface area contributed by atoms with Crippen LogP contribution in [0.5, 0.6) is 5.88 Å². The smallest absolute Gasteiger partial charge is 0.263 e. The van der Waals surface area contributed by atoms with E-state index in [4.69, 9.17) is 21.1 Å². The molecule has 2 saturated heterocycles. The van der Waals surface area contributed by atoms with Crippen LogP contribution >= 0.6 is 0 Å². The summed E-state index contributed by atoms with van der Waals surface area (Å²) >= 11 is 0. The number of allylic oxidation sites excluding steroid dienone is 1. The van der Waals surface area contributed by atoms with Crippen LogP contribution in [0.25, 0.3) is 0 Å². The van der Waals surface area contributed by atoms with Crippen molar-refractivity contribution < 1.29 is 23.0 Å². The molecule has 0 unspecified atom stereocenters. The third kappa shape index (κ3) is 5.80. The van der Waals surface area contributed by atoms with Gasteiger partial charge in [0, 0.05) is 43.5 Å². The first-order chi connectivity index (χ1) is 16.8. The first-order valence-electron chi connectivity index (χ1n) is 11.4. The average Bonchev–Trinajstić information content (AvgIpc) is 2.84. The van der Waals surface area contributed by atoms with Gasteiger partial charge in [0.25, 0.3) is 6.43 Å². The van der Waals surface area contributed by atoms with Crippen molar-refractivity contribution in [2.75, 3.05) is 55.9 Å². The Balaban J connectivity index is 1.30. The molecule has 2 fully saturated rings. The Morgan fingerprint density at radius 2 is 1.89 bits per heavy atom. The fourth-order valence-electron chi connectivity index (χ4n) is 3.98. The molecule has 0 bridgehead atoms. The molecule has 0 atom stereocenters. The number of carbonyl (C=O) groups excluding carboxylic acids is 1. The first-order valence-corrected chi connectivity index (χ1v) is 11.4. The van der Waals surface area contributed by atoms with Gasteiger partial charge in [-0.25, -0.2) is 19.6 Å². The number of pyridine rings is 1. The van der Waals surface area contributed by atoms with Gasteiger partial charge >= 0.3 is 0 Å². The van der Waals surface area contributed by atoms with E-state index in [1.807, 2.05) is 11.0 Å². The zero-order valence-electron chi connectivity index (χ0n) is 19.6. The van der Waals surface area contributed by atoms with Gasteiger partial charge in [-0.3, -0.25) is 9.80 Å². The van der Waals surface area contributed by atoms with Gasteiger partial charge in [0.15, 0.2) is 0 Å². The number of amides is 1. The highest BCUT2D eigenvalue weighted by molar-refractivity contribution is 5.82. The van der Waals surface area contributed by atoms with Gasteiger partial charge < -0.3 is 25.0 Å². The molecule has 188 valence electrons. The van der Waals surface area contributed by atoms with Crippen molar-refractivity contribution in [3.05, 3.63) is 59.6 Å². The Labute approximate surface area is 202 Å². The summed E-state index contributed by atoms with van der Waals surface area (Å²) in [5.41, 5.74) is 8.22. The summed E-state index contributed by atoms with van der Waals surface area (Å²) in [5.74, 6) is 6.74. The highest BCUT2D eigenvalue weighted by Crippen LogP contribution is 2.27. The Morgan fingerprint density at radius 1 is 1.20 bits per heavy atom. The van der Waals surface area contributed by atoms with E-state index in [2.05, 4.69) is 9.88 Å². The number of nitrogens with zero attached hydrogens (tertiary/aromatic N) is 4. The van der Waals surface area contributed by atoms with Gasteiger partial charge in [0.1, 0.15) is 6.61 Å². The Bertz CT molecular complexity index is 1030. The van der Waals surface area contributed by atoms with Gasteiger partial charge in [-0.15, -0.1) is 0 Å². The highest BCUT2D eigenvalue weighted by atomic mass is 19.3. The number of hydrazine groups is 1. The van der Waals surface area contributed by atoms with Crippen LogP contribution in [0, 0.1) is 5.92 Å². The number of halogens is 2. The van der Waals surface area contributed by atoms with Crippen LogP contribution in [0.3, 0.4) is 0 Å². The first kappa shape index (κ1) is 24.7. The highest BCUT2D eigenvalue weighted by Gasteiger charge is 2.36. The van der Waals surface area contributed by atoms with E-state index in [0.717, 1.165) is 5.69 Å². The number of rotatable bonds is 8. The summed E-state index contributed by atoms with van der Waals surface area (Å²) in [5, 5.41) is 1.31. The van der Waals surface area contributed by atoms with Crippen molar-refractivity contribution in [2.45, 2.75) is 13.3 Å². The molecule has 2 aliphatic heterocycles. The standard InChI is InChI=1S/C24H30F2N6O3/c1-16(27)21(32(28)19-4-2-17(3-5-19)23(25)26)15-35-22-7-6-20(12-29-22)31-13-18(14-31)24(33)30-8-10-34-11-9-30/h2-7,12,18,23H,8-11,13-15,27-28H2,1H3/b21-16-. The number of hydrogen-bond donors (Lipinski definition) is 2. The number of alkyl halides is 2. The minimum Gasteiger partial charge on any atom is -0.471 e. The number of benzene rings is 1. The third-order valence-electron chi connectivity index (χ3n) is 6.17. The van der Waals surface area contributed by atoms with E-state index in [1.54, 1.807) is 19.2 Å². The third-order valence-corrected chi connectivity index (χ3v) is 6.17. The van der Waals surface area contributed by atoms with Gasteiger partial charge in [-0.05, 0) is 25.1 Å². The second kappa shape index (κ2) is 10.9. The molecule has 2 aromatic rings. The van der Waals surface area contributed by atoms with Gasteiger partial charge in [-0.2, -0.15) is 0 Å². The molecule has 0 saturated carbocycles. The van der Waals surface area contributed by atoms with E-state index >= 15 is 0 Å². The molecule has 0 radical (unpaired) electrons. The quantitative estimate of drug-likeness (QED) is 0.430. The fraction of sp³-hybridized carbons (Fsp3) is 0.417. The molecule has 3 heterocycles. The molecular weight excluding hydrogens is 458 g/mol. The van der Waals surface area contributed by atoms with Crippen LogP contribution in [0.1, 0.15) is 18.9 Å². The van der Waals surface area contributed by atoms with Gasteiger partial charge in [-0.1, -0.05) is 12.1 Å². The summed E-state index contributed by atoms with van der Waals surface area (Å²) in [6.45, 7) is 5.55. The van der Waals surface area contributed by atoms with E-state index in [9.17, 15) is 13.6 Å². The maximum absolute atomic E-state index is 12.8. The molecule has 1 aromatic heterocycles. The number of aromatic nitrogens is 1. The summed E-state index contributed by atoms with van der Waals surface area (Å²) < 4.78 is 36.7. The second-order valence-electron chi connectivity index (χ2n) is 8.57. The van der Waals surface area contributed by atoms with E-state index in [-0.39, 0.29) is 24.0 Å². The Kier molecular flexibility index (Phi) is 7.67. The monoisotopic (exact) mass is 488 g/mol. The number of ether oxygens (including phenoxy) is 2. The van der Waals surface area contributed by atoms with E-state index < -0.39 is 6.43 Å². The van der Waals surface area contributed by atoms with Crippen LogP contribution < -0.4 is 26.2 Å². The molecule has 11 heteroatoms. The van der Waals surface area contributed by atoms with Crippen molar-refractivity contribution in [1.82, 2.24) is 9.88 Å². The van der Waals surface area contributed by atoms with Crippen LogP contribution in [0.2, 0.25) is 0 Å². The lowest BCUT2D eigenvalue weighted by Gasteiger charge is -2.42. The lowest BCUT2D eigenvalue weighted by molar-refractivity contribution is -0.140. The van der Waals surface area contributed by atoms with Gasteiger partial charge in [0.2, 0.25) is 11.8 Å². The number of nitrogens with two attached hydrogens (primary N) is 2. The molecule has 9 nitrogen and oxygen atoms in total. The van der Waals surface area contributed by atoms with Crippen LogP contribution in [0.4, 0.5) is 20.2 Å². The normalized spacial score (nSPS) is 17.2. The molecule has 4 rings (SSSR count). The maximum atomic E-state index is 12.8. The molecule has 4 N–H and O–H groups in total. The predicted octanol–water partition coefficient (Wildman–Crippen LogP) is 2.26. The summed E-state index contributed by atoms with van der Waals surface area (Å²) in [6.07, 6.45) is -0.849. The molecule has 35 heavy (non-hydrogen) atoms. The number of anilines is 2.